The normalized spacial score (nSPS) is 21.6. The lowest BCUT2D eigenvalue weighted by atomic mass is 9.93. The van der Waals surface area contributed by atoms with E-state index in [1.165, 1.54) is 0 Å². The number of amides is 3. The second kappa shape index (κ2) is 10.8. The molecule has 8 nitrogen and oxygen atoms in total. The molecule has 0 spiro atoms. The van der Waals surface area contributed by atoms with Gasteiger partial charge in [0.1, 0.15) is 5.60 Å². The van der Waals surface area contributed by atoms with E-state index in [1.807, 2.05) is 20.8 Å². The highest BCUT2D eigenvalue weighted by Crippen LogP contribution is 2.22. The second-order valence-corrected chi connectivity index (χ2v) is 9.36. The van der Waals surface area contributed by atoms with Crippen LogP contribution in [0.5, 0.6) is 0 Å². The summed E-state index contributed by atoms with van der Waals surface area (Å²) in [6, 6.07) is 0. The zero-order valence-corrected chi connectivity index (χ0v) is 18.2. The van der Waals surface area contributed by atoms with Gasteiger partial charge in [-0.2, -0.15) is 0 Å². The molecular weight excluding hydrogens is 372 g/mol. The standard InChI is InChI=1S/C21H38N4O4/c1-21(2,3)29-20(28)25-12-7-16(8-13-25)14-18(26)23-9-5-11-24-10-4-6-17(15-24)19(22)27/h16-17H,4-15H2,1-3H3,(H2,22,27)(H,23,26). The van der Waals surface area contributed by atoms with Crippen molar-refractivity contribution in [1.29, 1.82) is 0 Å². The SMILES string of the molecule is CC(C)(C)OC(=O)N1CCC(CC(=O)NCCCN2CCCC(C(N)=O)C2)CC1. The lowest BCUT2D eigenvalue weighted by molar-refractivity contribution is -0.123. The zero-order chi connectivity index (χ0) is 21.4. The topological polar surface area (TPSA) is 105 Å². The molecule has 0 aromatic rings. The molecule has 0 aliphatic carbocycles. The van der Waals surface area contributed by atoms with Gasteiger partial charge in [0.25, 0.3) is 0 Å². The molecule has 1 atom stereocenters. The largest absolute Gasteiger partial charge is 0.444 e. The summed E-state index contributed by atoms with van der Waals surface area (Å²) in [4.78, 5) is 39.6. The van der Waals surface area contributed by atoms with Gasteiger partial charge in [-0.1, -0.05) is 0 Å². The van der Waals surface area contributed by atoms with E-state index in [9.17, 15) is 14.4 Å². The van der Waals surface area contributed by atoms with Gasteiger partial charge in [-0.05, 0) is 71.9 Å². The molecule has 0 radical (unpaired) electrons. The third-order valence-corrected chi connectivity index (χ3v) is 5.62. The Labute approximate surface area is 174 Å². The summed E-state index contributed by atoms with van der Waals surface area (Å²) in [5, 5.41) is 3.01. The highest BCUT2D eigenvalue weighted by atomic mass is 16.6. The number of nitrogens with two attached hydrogens (primary N) is 1. The summed E-state index contributed by atoms with van der Waals surface area (Å²) in [6.07, 6.45) is 4.65. The van der Waals surface area contributed by atoms with Gasteiger partial charge in [0, 0.05) is 32.6 Å². The third-order valence-electron chi connectivity index (χ3n) is 5.62. The number of ether oxygens (including phenoxy) is 1. The molecule has 2 saturated heterocycles. The van der Waals surface area contributed by atoms with Crippen LogP contribution in [0, 0.1) is 11.8 Å². The molecule has 1 unspecified atom stereocenters. The molecule has 2 aliphatic rings. The highest BCUT2D eigenvalue weighted by Gasteiger charge is 2.28. The molecule has 2 aliphatic heterocycles. The van der Waals surface area contributed by atoms with Crippen molar-refractivity contribution < 1.29 is 19.1 Å². The maximum absolute atomic E-state index is 12.2. The minimum Gasteiger partial charge on any atom is -0.444 e. The van der Waals surface area contributed by atoms with E-state index in [0.717, 1.165) is 51.7 Å². The van der Waals surface area contributed by atoms with Crippen molar-refractivity contribution in [1.82, 2.24) is 15.1 Å². The number of carbonyl (C=O) groups is 3. The van der Waals surface area contributed by atoms with Crippen LogP contribution in [0.3, 0.4) is 0 Å². The fourth-order valence-electron chi connectivity index (χ4n) is 4.00. The molecule has 0 bridgehead atoms. The van der Waals surface area contributed by atoms with Crippen LogP contribution in [0.25, 0.3) is 0 Å². The highest BCUT2D eigenvalue weighted by molar-refractivity contribution is 5.77. The van der Waals surface area contributed by atoms with E-state index in [4.69, 9.17) is 10.5 Å². The van der Waals surface area contributed by atoms with E-state index in [1.54, 1.807) is 4.90 Å². The minimum absolute atomic E-state index is 0.0371. The van der Waals surface area contributed by atoms with E-state index in [2.05, 4.69) is 10.2 Å². The predicted molar refractivity (Wildman–Crippen MR) is 111 cm³/mol. The van der Waals surface area contributed by atoms with Crippen LogP contribution in [-0.2, 0) is 14.3 Å². The number of piperidine rings is 2. The van der Waals surface area contributed by atoms with Crippen molar-refractivity contribution in [2.24, 2.45) is 17.6 Å². The number of carbonyl (C=O) groups excluding carboxylic acids is 3. The quantitative estimate of drug-likeness (QED) is 0.622. The van der Waals surface area contributed by atoms with Crippen LogP contribution in [0.15, 0.2) is 0 Å². The molecule has 29 heavy (non-hydrogen) atoms. The molecule has 0 saturated carbocycles. The van der Waals surface area contributed by atoms with Crippen molar-refractivity contribution in [2.75, 3.05) is 39.3 Å². The Morgan fingerprint density at radius 3 is 2.41 bits per heavy atom. The van der Waals surface area contributed by atoms with Gasteiger partial charge in [-0.15, -0.1) is 0 Å². The Balaban J connectivity index is 1.57. The molecule has 0 aromatic heterocycles. The second-order valence-electron chi connectivity index (χ2n) is 9.36. The summed E-state index contributed by atoms with van der Waals surface area (Å²) in [5.74, 6) is 0.145. The van der Waals surface area contributed by atoms with Gasteiger partial charge in [0.05, 0.1) is 5.92 Å². The Morgan fingerprint density at radius 1 is 1.10 bits per heavy atom. The average Bonchev–Trinajstić information content (AvgIpc) is 2.64. The number of primary amides is 1. The molecule has 3 amide bonds. The van der Waals surface area contributed by atoms with Crippen LogP contribution >= 0.6 is 0 Å². The lowest BCUT2D eigenvalue weighted by Crippen LogP contribution is -2.43. The third kappa shape index (κ3) is 8.60. The fourth-order valence-corrected chi connectivity index (χ4v) is 4.00. The van der Waals surface area contributed by atoms with Crippen molar-refractivity contribution in [3.63, 3.8) is 0 Å². The van der Waals surface area contributed by atoms with Crippen molar-refractivity contribution in [3.8, 4) is 0 Å². The summed E-state index contributed by atoms with van der Waals surface area (Å²) in [5.41, 5.74) is 4.93. The predicted octanol–water partition coefficient (Wildman–Crippen LogP) is 1.73. The van der Waals surface area contributed by atoms with Gasteiger partial charge < -0.3 is 25.6 Å². The Kier molecular flexibility index (Phi) is 8.74. The first-order valence-corrected chi connectivity index (χ1v) is 10.9. The van der Waals surface area contributed by atoms with Crippen molar-refractivity contribution >= 4 is 17.9 Å². The summed E-state index contributed by atoms with van der Waals surface area (Å²) >= 11 is 0. The molecule has 8 heteroatoms. The summed E-state index contributed by atoms with van der Waals surface area (Å²) in [6.45, 7) is 10.1. The van der Waals surface area contributed by atoms with Crippen molar-refractivity contribution in [2.45, 2.75) is 64.9 Å². The fraction of sp³-hybridized carbons (Fsp3) is 0.857. The molecule has 0 aromatic carbocycles. The maximum Gasteiger partial charge on any atom is 0.410 e. The van der Waals surface area contributed by atoms with E-state index < -0.39 is 5.60 Å². The first-order chi connectivity index (χ1) is 13.6. The minimum atomic E-state index is -0.483. The van der Waals surface area contributed by atoms with Crippen LogP contribution < -0.4 is 11.1 Å². The van der Waals surface area contributed by atoms with E-state index in [0.29, 0.717) is 32.0 Å². The van der Waals surface area contributed by atoms with Gasteiger partial charge in [-0.25, -0.2) is 4.79 Å². The first kappa shape index (κ1) is 23.4. The number of hydrogen-bond acceptors (Lipinski definition) is 5. The number of nitrogens with zero attached hydrogens (tertiary/aromatic N) is 2. The number of rotatable bonds is 7. The Morgan fingerprint density at radius 2 is 1.79 bits per heavy atom. The molecule has 2 rings (SSSR count). The van der Waals surface area contributed by atoms with Crippen LogP contribution in [0.2, 0.25) is 0 Å². The summed E-state index contributed by atoms with van der Waals surface area (Å²) < 4.78 is 5.41. The van der Waals surface area contributed by atoms with Crippen molar-refractivity contribution in [3.05, 3.63) is 0 Å². The van der Waals surface area contributed by atoms with Crippen LogP contribution in [0.1, 0.15) is 59.3 Å². The average molecular weight is 411 g/mol. The van der Waals surface area contributed by atoms with Crippen LogP contribution in [-0.4, -0.2) is 72.6 Å². The van der Waals surface area contributed by atoms with Gasteiger partial charge in [0.15, 0.2) is 0 Å². The number of hydrogen-bond donors (Lipinski definition) is 2. The van der Waals surface area contributed by atoms with Gasteiger partial charge in [-0.3, -0.25) is 9.59 Å². The maximum atomic E-state index is 12.2. The zero-order valence-electron chi connectivity index (χ0n) is 18.2. The molecule has 166 valence electrons. The van der Waals surface area contributed by atoms with Gasteiger partial charge >= 0.3 is 6.09 Å². The van der Waals surface area contributed by atoms with E-state index in [-0.39, 0.29) is 23.8 Å². The summed E-state index contributed by atoms with van der Waals surface area (Å²) in [7, 11) is 0. The number of nitrogens with one attached hydrogen (secondary N) is 1. The molecule has 2 heterocycles. The Hall–Kier alpha value is -1.83. The Bertz CT molecular complexity index is 568. The van der Waals surface area contributed by atoms with Crippen LogP contribution in [0.4, 0.5) is 4.79 Å². The number of likely N-dealkylation sites (tertiary alicyclic amines) is 2. The van der Waals surface area contributed by atoms with Gasteiger partial charge in [0.2, 0.25) is 11.8 Å². The monoisotopic (exact) mass is 410 g/mol. The smallest absolute Gasteiger partial charge is 0.410 e. The molecular formula is C21H38N4O4. The molecule has 3 N–H and O–H groups in total. The van der Waals surface area contributed by atoms with E-state index >= 15 is 0 Å². The first-order valence-electron chi connectivity index (χ1n) is 10.9. The lowest BCUT2D eigenvalue weighted by Gasteiger charge is -2.33. The molecule has 2 fully saturated rings.